The summed E-state index contributed by atoms with van der Waals surface area (Å²) < 4.78 is 59.2. The molecule has 1 aliphatic carbocycles. The molecule has 9 heteroatoms. The third-order valence-electron chi connectivity index (χ3n) is 5.04. The van der Waals surface area contributed by atoms with E-state index in [-0.39, 0.29) is 34.6 Å². The number of ether oxygens (including phenoxy) is 1. The fourth-order valence-corrected chi connectivity index (χ4v) is 3.66. The molecule has 0 aromatic carbocycles. The lowest BCUT2D eigenvalue weighted by molar-refractivity contribution is -0.141. The number of nitriles is 1. The highest BCUT2D eigenvalue weighted by Crippen LogP contribution is 2.47. The number of carbonyl (C=O) groups is 1. The van der Waals surface area contributed by atoms with Gasteiger partial charge in [-0.05, 0) is 36.3 Å². The summed E-state index contributed by atoms with van der Waals surface area (Å²) in [6.45, 7) is 3.26. The minimum absolute atomic E-state index is 0.0253. The van der Waals surface area contributed by atoms with E-state index in [0.29, 0.717) is 0 Å². The Bertz CT molecular complexity index is 1090. The van der Waals surface area contributed by atoms with Crippen LogP contribution >= 0.6 is 0 Å². The van der Waals surface area contributed by atoms with E-state index in [9.17, 15) is 27.6 Å². The second-order valence-electron chi connectivity index (χ2n) is 7.63. The molecule has 0 aliphatic heterocycles. The summed E-state index contributed by atoms with van der Waals surface area (Å²) >= 11 is 0. The Morgan fingerprint density at radius 1 is 1.23 bits per heavy atom. The van der Waals surface area contributed by atoms with E-state index in [0.717, 1.165) is 24.5 Å². The van der Waals surface area contributed by atoms with Crippen molar-refractivity contribution in [1.29, 1.82) is 5.26 Å². The summed E-state index contributed by atoms with van der Waals surface area (Å²) in [6, 6.07) is 4.97. The molecule has 0 saturated heterocycles. The molecule has 0 amide bonds. The molecule has 1 atom stereocenters. The number of methoxy groups -OCH3 is 1. The van der Waals surface area contributed by atoms with Gasteiger partial charge in [-0.3, -0.25) is 14.8 Å². The van der Waals surface area contributed by atoms with Gasteiger partial charge in [0.05, 0.1) is 17.5 Å². The van der Waals surface area contributed by atoms with Crippen molar-refractivity contribution in [3.05, 3.63) is 59.4 Å². The van der Waals surface area contributed by atoms with E-state index in [1.54, 1.807) is 13.8 Å². The van der Waals surface area contributed by atoms with E-state index in [1.165, 1.54) is 19.3 Å². The van der Waals surface area contributed by atoms with Gasteiger partial charge in [0, 0.05) is 24.3 Å². The third kappa shape index (κ3) is 3.71. The van der Waals surface area contributed by atoms with Crippen LogP contribution in [0.15, 0.2) is 42.2 Å². The van der Waals surface area contributed by atoms with Gasteiger partial charge in [0.2, 0.25) is 0 Å². The van der Waals surface area contributed by atoms with Crippen molar-refractivity contribution in [2.45, 2.75) is 32.0 Å². The van der Waals surface area contributed by atoms with Gasteiger partial charge in [-0.2, -0.15) is 18.4 Å². The minimum Gasteiger partial charge on any atom is -0.368 e. The Morgan fingerprint density at radius 3 is 2.53 bits per heavy atom. The molecule has 1 unspecified atom stereocenters. The number of rotatable bonds is 3. The van der Waals surface area contributed by atoms with Gasteiger partial charge < -0.3 is 4.74 Å². The SMILES string of the molecule is COC1(c2ncc(F)cc2-c2ccnc(C(F)(F)F)c2)C=C(C#N)C(=O)C(C)(C)C1. The summed E-state index contributed by atoms with van der Waals surface area (Å²) in [6.07, 6.45) is -1.45. The first kappa shape index (κ1) is 21.6. The van der Waals surface area contributed by atoms with E-state index < -0.39 is 28.7 Å². The summed E-state index contributed by atoms with van der Waals surface area (Å²) in [5.74, 6) is -1.15. The number of Topliss-reactive ketones (excluding diaryl/α,β-unsaturated/α-hetero) is 1. The lowest BCUT2D eigenvalue weighted by atomic mass is 9.68. The van der Waals surface area contributed by atoms with Crippen LogP contribution in [-0.4, -0.2) is 22.9 Å². The average molecular weight is 419 g/mol. The highest BCUT2D eigenvalue weighted by molar-refractivity contribution is 6.04. The highest BCUT2D eigenvalue weighted by atomic mass is 19.4. The van der Waals surface area contributed by atoms with Gasteiger partial charge >= 0.3 is 6.18 Å². The van der Waals surface area contributed by atoms with Crippen LogP contribution < -0.4 is 0 Å². The maximum Gasteiger partial charge on any atom is 0.433 e. The first-order valence-corrected chi connectivity index (χ1v) is 8.86. The Morgan fingerprint density at radius 2 is 1.93 bits per heavy atom. The van der Waals surface area contributed by atoms with Crippen molar-refractivity contribution in [3.8, 4) is 17.2 Å². The number of aromatic nitrogens is 2. The van der Waals surface area contributed by atoms with Crippen molar-refractivity contribution < 1.29 is 27.1 Å². The second kappa shape index (κ2) is 7.29. The normalized spacial score (nSPS) is 21.1. The minimum atomic E-state index is -4.69. The molecule has 2 heterocycles. The molecule has 0 fully saturated rings. The maximum atomic E-state index is 14.1. The van der Waals surface area contributed by atoms with Crippen LogP contribution in [-0.2, 0) is 21.3 Å². The van der Waals surface area contributed by atoms with Gasteiger partial charge in [-0.15, -0.1) is 0 Å². The van der Waals surface area contributed by atoms with Crippen molar-refractivity contribution in [2.24, 2.45) is 5.41 Å². The fraction of sp³-hybridized carbons (Fsp3) is 0.333. The number of allylic oxidation sites excluding steroid dienone is 1. The monoisotopic (exact) mass is 419 g/mol. The number of pyridine rings is 2. The number of ketones is 1. The number of nitrogens with zero attached hydrogens (tertiary/aromatic N) is 3. The molecule has 30 heavy (non-hydrogen) atoms. The van der Waals surface area contributed by atoms with Crippen LogP contribution in [0.25, 0.3) is 11.1 Å². The zero-order chi connectivity index (χ0) is 22.3. The van der Waals surface area contributed by atoms with Crippen molar-refractivity contribution in [3.63, 3.8) is 0 Å². The van der Waals surface area contributed by atoms with Gasteiger partial charge in [0.15, 0.2) is 5.78 Å². The number of hydrogen-bond donors (Lipinski definition) is 0. The van der Waals surface area contributed by atoms with Gasteiger partial charge in [0.25, 0.3) is 0 Å². The molecular formula is C21H17F4N3O2. The molecule has 0 radical (unpaired) electrons. The zero-order valence-corrected chi connectivity index (χ0v) is 16.3. The quantitative estimate of drug-likeness (QED) is 0.680. The first-order valence-electron chi connectivity index (χ1n) is 8.86. The number of alkyl halides is 3. The molecule has 3 rings (SSSR count). The van der Waals surface area contributed by atoms with E-state index in [4.69, 9.17) is 4.74 Å². The van der Waals surface area contributed by atoms with E-state index in [1.807, 2.05) is 6.07 Å². The van der Waals surface area contributed by atoms with Crippen LogP contribution in [0.4, 0.5) is 17.6 Å². The van der Waals surface area contributed by atoms with Crippen molar-refractivity contribution in [1.82, 2.24) is 9.97 Å². The zero-order valence-electron chi connectivity index (χ0n) is 16.3. The second-order valence-corrected chi connectivity index (χ2v) is 7.63. The van der Waals surface area contributed by atoms with Gasteiger partial charge in [-0.1, -0.05) is 13.8 Å². The van der Waals surface area contributed by atoms with E-state index >= 15 is 0 Å². The summed E-state index contributed by atoms with van der Waals surface area (Å²) in [4.78, 5) is 19.9. The highest BCUT2D eigenvalue weighted by Gasteiger charge is 2.48. The first-order chi connectivity index (χ1) is 13.9. The van der Waals surface area contributed by atoms with Crippen LogP contribution in [0.1, 0.15) is 31.7 Å². The molecule has 2 aromatic heterocycles. The lowest BCUT2D eigenvalue weighted by Gasteiger charge is -2.40. The van der Waals surface area contributed by atoms with Crippen LogP contribution in [0, 0.1) is 22.6 Å². The maximum absolute atomic E-state index is 14.1. The third-order valence-corrected chi connectivity index (χ3v) is 5.04. The van der Waals surface area contributed by atoms with Crippen molar-refractivity contribution in [2.75, 3.05) is 7.11 Å². The van der Waals surface area contributed by atoms with E-state index in [2.05, 4.69) is 9.97 Å². The van der Waals surface area contributed by atoms with Crippen LogP contribution in [0.3, 0.4) is 0 Å². The molecule has 2 aromatic rings. The predicted molar refractivity (Wildman–Crippen MR) is 98.2 cm³/mol. The molecule has 0 bridgehead atoms. The molecule has 5 nitrogen and oxygen atoms in total. The number of hydrogen-bond acceptors (Lipinski definition) is 5. The molecule has 1 aliphatic rings. The number of carbonyl (C=O) groups excluding carboxylic acids is 1. The van der Waals surface area contributed by atoms with Gasteiger partial charge in [-0.25, -0.2) is 4.39 Å². The molecular weight excluding hydrogens is 402 g/mol. The smallest absolute Gasteiger partial charge is 0.368 e. The van der Waals surface area contributed by atoms with Gasteiger partial charge in [0.1, 0.15) is 23.2 Å². The average Bonchev–Trinajstić information content (AvgIpc) is 2.69. The lowest BCUT2D eigenvalue weighted by Crippen LogP contribution is -2.43. The Kier molecular flexibility index (Phi) is 5.24. The fourth-order valence-electron chi connectivity index (χ4n) is 3.66. The summed E-state index contributed by atoms with van der Waals surface area (Å²) in [5, 5.41) is 9.42. The number of halogens is 4. The Balaban J connectivity index is 2.29. The molecule has 0 N–H and O–H groups in total. The molecule has 0 spiro atoms. The summed E-state index contributed by atoms with van der Waals surface area (Å²) in [7, 11) is 1.33. The molecule has 156 valence electrons. The van der Waals surface area contributed by atoms with Crippen LogP contribution in [0.2, 0.25) is 0 Å². The summed E-state index contributed by atoms with van der Waals surface area (Å²) in [5.41, 5.74) is -3.57. The topological polar surface area (TPSA) is 75.9 Å². The molecule has 0 saturated carbocycles. The Hall–Kier alpha value is -3.12. The predicted octanol–water partition coefficient (Wildman–Crippen LogP) is 4.59. The Labute approximate surface area is 170 Å². The van der Waals surface area contributed by atoms with Crippen molar-refractivity contribution >= 4 is 5.78 Å². The largest absolute Gasteiger partial charge is 0.433 e. The standard InChI is InChI=1S/C21H17F4N3O2/c1-19(2)11-20(30-3,8-13(9-26)18(19)29)17-15(7-14(22)10-28-17)12-4-5-27-16(6-12)21(23,24)25/h4-8,10H,11H2,1-3H3. The van der Waals surface area contributed by atoms with Crippen LogP contribution in [0.5, 0.6) is 0 Å².